The Morgan fingerprint density at radius 1 is 1.29 bits per heavy atom. The monoisotopic (exact) mass is 307 g/mol. The summed E-state index contributed by atoms with van der Waals surface area (Å²) in [4.78, 5) is 0.280. The van der Waals surface area contributed by atoms with Crippen LogP contribution < -0.4 is 15.8 Å². The molecule has 3 rings (SSSR count). The van der Waals surface area contributed by atoms with Crippen LogP contribution in [0.2, 0.25) is 0 Å². The number of hydrogen-bond acceptors (Lipinski definition) is 5. The molecule has 21 heavy (non-hydrogen) atoms. The first kappa shape index (κ1) is 13.9. The van der Waals surface area contributed by atoms with E-state index >= 15 is 0 Å². The van der Waals surface area contributed by atoms with E-state index in [9.17, 15) is 8.42 Å². The summed E-state index contributed by atoms with van der Waals surface area (Å²) < 4.78 is 26.7. The first-order valence-electron chi connectivity index (χ1n) is 6.68. The average molecular weight is 307 g/mol. The standard InChI is InChI=1S/C13H17N5O2S/c14-13-9(8-16-17-13)7-15-10-3-5-12(6-4-10)21(19,20)18-11-1-2-11/h3-6,8,11,15,18H,1-2,7H2,(H3,14,16,17). The highest BCUT2D eigenvalue weighted by Crippen LogP contribution is 2.23. The van der Waals surface area contributed by atoms with E-state index in [2.05, 4.69) is 20.2 Å². The molecule has 1 fully saturated rings. The smallest absolute Gasteiger partial charge is 0.240 e. The van der Waals surface area contributed by atoms with Crippen LogP contribution in [0.1, 0.15) is 18.4 Å². The molecule has 0 atom stereocenters. The molecule has 0 aliphatic heterocycles. The lowest BCUT2D eigenvalue weighted by Gasteiger charge is -2.08. The molecular formula is C13H17N5O2S. The predicted octanol–water partition coefficient (Wildman–Crippen LogP) is 1.04. The number of aromatic nitrogens is 2. The van der Waals surface area contributed by atoms with Crippen LogP contribution in [0, 0.1) is 0 Å². The van der Waals surface area contributed by atoms with Gasteiger partial charge >= 0.3 is 0 Å². The van der Waals surface area contributed by atoms with Crippen LogP contribution in [0.5, 0.6) is 0 Å². The van der Waals surface area contributed by atoms with E-state index in [1.54, 1.807) is 30.5 Å². The maximum absolute atomic E-state index is 12.0. The quantitative estimate of drug-likeness (QED) is 0.637. The second-order valence-electron chi connectivity index (χ2n) is 5.08. The fourth-order valence-corrected chi connectivity index (χ4v) is 3.20. The van der Waals surface area contributed by atoms with E-state index in [0.717, 1.165) is 24.1 Å². The number of aromatic amines is 1. The number of nitrogen functional groups attached to an aromatic ring is 1. The fourth-order valence-electron chi connectivity index (χ4n) is 1.90. The Morgan fingerprint density at radius 2 is 2.00 bits per heavy atom. The summed E-state index contributed by atoms with van der Waals surface area (Å²) in [6.45, 7) is 0.523. The Kier molecular flexibility index (Phi) is 3.56. The van der Waals surface area contributed by atoms with Gasteiger partial charge in [-0.1, -0.05) is 0 Å². The molecule has 0 saturated heterocycles. The molecule has 1 aliphatic rings. The van der Waals surface area contributed by atoms with Crippen molar-refractivity contribution in [2.24, 2.45) is 0 Å². The Morgan fingerprint density at radius 3 is 2.57 bits per heavy atom. The van der Waals surface area contributed by atoms with Crippen molar-refractivity contribution in [2.75, 3.05) is 11.1 Å². The topological polar surface area (TPSA) is 113 Å². The van der Waals surface area contributed by atoms with Gasteiger partial charge in [0.15, 0.2) is 0 Å². The van der Waals surface area contributed by atoms with Gasteiger partial charge < -0.3 is 11.1 Å². The van der Waals surface area contributed by atoms with Gasteiger partial charge in [0.2, 0.25) is 10.0 Å². The SMILES string of the molecule is Nc1[nH]ncc1CNc1ccc(S(=O)(=O)NC2CC2)cc1. The molecule has 5 N–H and O–H groups in total. The molecule has 1 aromatic carbocycles. The molecule has 7 nitrogen and oxygen atoms in total. The van der Waals surface area contributed by atoms with Gasteiger partial charge in [-0.3, -0.25) is 5.10 Å². The lowest BCUT2D eigenvalue weighted by Crippen LogP contribution is -2.25. The maximum atomic E-state index is 12.0. The van der Waals surface area contributed by atoms with Gasteiger partial charge in [-0.05, 0) is 37.1 Å². The average Bonchev–Trinajstić information content (AvgIpc) is 3.16. The largest absolute Gasteiger partial charge is 0.384 e. The van der Waals surface area contributed by atoms with Crippen molar-refractivity contribution in [1.82, 2.24) is 14.9 Å². The summed E-state index contributed by atoms with van der Waals surface area (Å²) in [7, 11) is -3.39. The molecule has 1 saturated carbocycles. The first-order valence-corrected chi connectivity index (χ1v) is 8.17. The highest BCUT2D eigenvalue weighted by atomic mass is 32.2. The van der Waals surface area contributed by atoms with Crippen LogP contribution in [0.25, 0.3) is 0 Å². The normalized spacial score (nSPS) is 15.0. The minimum atomic E-state index is -3.39. The molecular weight excluding hydrogens is 290 g/mol. The zero-order valence-electron chi connectivity index (χ0n) is 11.3. The van der Waals surface area contributed by atoms with E-state index in [-0.39, 0.29) is 10.9 Å². The molecule has 0 radical (unpaired) electrons. The van der Waals surface area contributed by atoms with Gasteiger partial charge in [0.1, 0.15) is 5.82 Å². The summed E-state index contributed by atoms with van der Waals surface area (Å²) >= 11 is 0. The Bertz CT molecular complexity index is 719. The molecule has 0 unspecified atom stereocenters. The predicted molar refractivity (Wildman–Crippen MR) is 80.1 cm³/mol. The lowest BCUT2D eigenvalue weighted by atomic mass is 10.3. The number of nitrogens with one attached hydrogen (secondary N) is 3. The van der Waals surface area contributed by atoms with Crippen molar-refractivity contribution in [2.45, 2.75) is 30.3 Å². The van der Waals surface area contributed by atoms with Crippen molar-refractivity contribution in [3.8, 4) is 0 Å². The summed E-state index contributed by atoms with van der Waals surface area (Å²) in [5.41, 5.74) is 7.38. The zero-order chi connectivity index (χ0) is 14.9. The molecule has 1 aromatic heterocycles. The number of nitrogens with two attached hydrogens (primary N) is 1. The number of nitrogens with zero attached hydrogens (tertiary/aromatic N) is 1. The second-order valence-corrected chi connectivity index (χ2v) is 6.80. The summed E-state index contributed by atoms with van der Waals surface area (Å²) in [5, 5.41) is 9.66. The van der Waals surface area contributed by atoms with Gasteiger partial charge in [-0.2, -0.15) is 5.10 Å². The Labute approximate surface area is 123 Å². The van der Waals surface area contributed by atoms with Crippen LogP contribution in [0.4, 0.5) is 11.5 Å². The van der Waals surface area contributed by atoms with Gasteiger partial charge in [0, 0.05) is 23.8 Å². The van der Waals surface area contributed by atoms with E-state index in [0.29, 0.717) is 12.4 Å². The van der Waals surface area contributed by atoms with Gasteiger partial charge in [0.05, 0.1) is 11.1 Å². The first-order chi connectivity index (χ1) is 10.0. The van der Waals surface area contributed by atoms with Crippen molar-refractivity contribution in [3.63, 3.8) is 0 Å². The van der Waals surface area contributed by atoms with Crippen LogP contribution >= 0.6 is 0 Å². The summed E-state index contributed by atoms with van der Waals surface area (Å²) in [6, 6.07) is 6.75. The zero-order valence-corrected chi connectivity index (χ0v) is 12.2. The molecule has 8 heteroatoms. The molecule has 112 valence electrons. The number of sulfonamides is 1. The molecule has 0 bridgehead atoms. The van der Waals surface area contributed by atoms with Gasteiger partial charge in [-0.15, -0.1) is 0 Å². The third kappa shape index (κ3) is 3.34. The minimum Gasteiger partial charge on any atom is -0.384 e. The second kappa shape index (κ2) is 5.38. The van der Waals surface area contributed by atoms with E-state index < -0.39 is 10.0 Å². The van der Waals surface area contributed by atoms with Crippen LogP contribution in [0.15, 0.2) is 35.4 Å². The van der Waals surface area contributed by atoms with E-state index in [4.69, 9.17) is 5.73 Å². The van der Waals surface area contributed by atoms with Gasteiger partial charge in [-0.25, -0.2) is 13.1 Å². The van der Waals surface area contributed by atoms with E-state index in [1.807, 2.05) is 0 Å². The van der Waals surface area contributed by atoms with Crippen LogP contribution in [-0.4, -0.2) is 24.7 Å². The summed E-state index contributed by atoms with van der Waals surface area (Å²) in [5.74, 6) is 0.523. The molecule has 1 heterocycles. The van der Waals surface area contributed by atoms with Crippen molar-refractivity contribution in [3.05, 3.63) is 36.0 Å². The molecule has 0 spiro atoms. The number of rotatable bonds is 6. The number of benzene rings is 1. The Balaban J connectivity index is 1.65. The third-order valence-electron chi connectivity index (χ3n) is 3.30. The number of anilines is 2. The highest BCUT2D eigenvalue weighted by Gasteiger charge is 2.27. The van der Waals surface area contributed by atoms with Crippen molar-refractivity contribution < 1.29 is 8.42 Å². The van der Waals surface area contributed by atoms with E-state index in [1.165, 1.54) is 0 Å². The molecule has 2 aromatic rings. The van der Waals surface area contributed by atoms with Crippen molar-refractivity contribution >= 4 is 21.5 Å². The van der Waals surface area contributed by atoms with Crippen LogP contribution in [0.3, 0.4) is 0 Å². The maximum Gasteiger partial charge on any atom is 0.240 e. The number of H-pyrrole nitrogens is 1. The molecule has 1 aliphatic carbocycles. The third-order valence-corrected chi connectivity index (χ3v) is 4.83. The Hall–Kier alpha value is -2.06. The van der Waals surface area contributed by atoms with Crippen LogP contribution in [-0.2, 0) is 16.6 Å². The van der Waals surface area contributed by atoms with Gasteiger partial charge in [0.25, 0.3) is 0 Å². The molecule has 0 amide bonds. The number of hydrogen-bond donors (Lipinski definition) is 4. The van der Waals surface area contributed by atoms with Crippen molar-refractivity contribution in [1.29, 1.82) is 0 Å². The minimum absolute atomic E-state index is 0.108. The fraction of sp³-hybridized carbons (Fsp3) is 0.308. The highest BCUT2D eigenvalue weighted by molar-refractivity contribution is 7.89. The lowest BCUT2D eigenvalue weighted by molar-refractivity contribution is 0.581. The summed E-state index contributed by atoms with van der Waals surface area (Å²) in [6.07, 6.45) is 3.50.